The summed E-state index contributed by atoms with van der Waals surface area (Å²) in [5, 5.41) is 13.9. The van der Waals surface area contributed by atoms with Crippen LogP contribution in [0.3, 0.4) is 0 Å². The number of carbonyl (C=O) groups is 1. The van der Waals surface area contributed by atoms with Gasteiger partial charge in [-0.2, -0.15) is 0 Å². The molecule has 0 aliphatic rings. The van der Waals surface area contributed by atoms with Crippen molar-refractivity contribution in [2.75, 3.05) is 19.0 Å². The molecule has 120 valence electrons. The van der Waals surface area contributed by atoms with E-state index in [1.54, 1.807) is 4.68 Å². The van der Waals surface area contributed by atoms with Crippen LogP contribution in [0.2, 0.25) is 0 Å². The molecule has 2 aromatic rings. The van der Waals surface area contributed by atoms with Gasteiger partial charge < -0.3 is 15.8 Å². The van der Waals surface area contributed by atoms with Crippen LogP contribution >= 0.6 is 12.4 Å². The van der Waals surface area contributed by atoms with E-state index >= 15 is 0 Å². The molecule has 0 saturated carbocycles. The number of anilines is 1. The van der Waals surface area contributed by atoms with Crippen LogP contribution in [0.15, 0.2) is 24.5 Å². The van der Waals surface area contributed by atoms with Crippen molar-refractivity contribution in [1.82, 2.24) is 20.2 Å². The number of amides is 1. The number of benzene rings is 1. The first-order valence-corrected chi connectivity index (χ1v) is 6.50. The summed E-state index contributed by atoms with van der Waals surface area (Å²) >= 11 is 0. The standard InChI is InChI=1S/C13H18N6O2.ClH/c1-9-3-4-10(5-12(9)19-8-15-17-18-19)16-13(20)6-11(7-14)21-2;/h3-5,8,11H,6-7,14H2,1-2H3,(H,16,20);1H. The fourth-order valence-electron chi connectivity index (χ4n) is 1.89. The monoisotopic (exact) mass is 326 g/mol. The Labute approximate surface area is 134 Å². The number of rotatable bonds is 6. The largest absolute Gasteiger partial charge is 0.380 e. The molecule has 8 nitrogen and oxygen atoms in total. The van der Waals surface area contributed by atoms with Crippen LogP contribution < -0.4 is 11.1 Å². The van der Waals surface area contributed by atoms with Gasteiger partial charge in [0.05, 0.1) is 18.2 Å². The maximum atomic E-state index is 11.9. The third kappa shape index (κ3) is 4.48. The molecule has 0 bridgehead atoms. The third-order valence-corrected chi connectivity index (χ3v) is 3.10. The van der Waals surface area contributed by atoms with Crippen molar-refractivity contribution in [3.8, 4) is 5.69 Å². The fraction of sp³-hybridized carbons (Fsp3) is 0.385. The van der Waals surface area contributed by atoms with Crippen molar-refractivity contribution >= 4 is 24.0 Å². The summed E-state index contributed by atoms with van der Waals surface area (Å²) in [7, 11) is 1.53. The second kappa shape index (κ2) is 8.42. The maximum Gasteiger partial charge on any atom is 0.227 e. The highest BCUT2D eigenvalue weighted by Crippen LogP contribution is 2.18. The van der Waals surface area contributed by atoms with Crippen molar-refractivity contribution < 1.29 is 9.53 Å². The van der Waals surface area contributed by atoms with Crippen LogP contribution in [0.25, 0.3) is 5.69 Å². The molecule has 9 heteroatoms. The fourth-order valence-corrected chi connectivity index (χ4v) is 1.89. The summed E-state index contributed by atoms with van der Waals surface area (Å²) in [5.74, 6) is -0.154. The molecule has 0 aliphatic carbocycles. The number of halogens is 1. The van der Waals surface area contributed by atoms with Gasteiger partial charge in [-0.1, -0.05) is 6.07 Å². The van der Waals surface area contributed by atoms with Crippen LogP contribution in [0.5, 0.6) is 0 Å². The topological polar surface area (TPSA) is 108 Å². The summed E-state index contributed by atoms with van der Waals surface area (Å²) < 4.78 is 6.64. The average Bonchev–Trinajstić information content (AvgIpc) is 3.00. The zero-order valence-corrected chi connectivity index (χ0v) is 13.2. The number of hydrogen-bond donors (Lipinski definition) is 2. The Morgan fingerprint density at radius 1 is 1.50 bits per heavy atom. The van der Waals surface area contributed by atoms with E-state index in [0.29, 0.717) is 12.2 Å². The highest BCUT2D eigenvalue weighted by Gasteiger charge is 2.12. The Morgan fingerprint density at radius 2 is 2.27 bits per heavy atom. The lowest BCUT2D eigenvalue weighted by atomic mass is 10.1. The van der Waals surface area contributed by atoms with Gasteiger partial charge in [0, 0.05) is 19.3 Å². The molecule has 0 fully saturated rings. The van der Waals surface area contributed by atoms with E-state index in [-0.39, 0.29) is 30.8 Å². The highest BCUT2D eigenvalue weighted by atomic mass is 35.5. The minimum Gasteiger partial charge on any atom is -0.380 e. The molecule has 1 aromatic carbocycles. The quantitative estimate of drug-likeness (QED) is 0.808. The first kappa shape index (κ1) is 18.0. The molecule has 22 heavy (non-hydrogen) atoms. The van der Waals surface area contributed by atoms with Crippen LogP contribution in [0, 0.1) is 6.92 Å². The van der Waals surface area contributed by atoms with Crippen LogP contribution in [0.1, 0.15) is 12.0 Å². The van der Waals surface area contributed by atoms with Gasteiger partial charge in [-0.15, -0.1) is 17.5 Å². The van der Waals surface area contributed by atoms with Gasteiger partial charge in [0.2, 0.25) is 5.91 Å². The molecule has 0 aliphatic heterocycles. The molecule has 1 aromatic heterocycles. The molecule has 1 atom stereocenters. The second-order valence-electron chi connectivity index (χ2n) is 4.60. The van der Waals surface area contributed by atoms with E-state index in [4.69, 9.17) is 10.5 Å². The number of carbonyl (C=O) groups excluding carboxylic acids is 1. The number of nitrogens with two attached hydrogens (primary N) is 1. The summed E-state index contributed by atoms with van der Waals surface area (Å²) in [6, 6.07) is 5.53. The van der Waals surface area contributed by atoms with Crippen molar-refractivity contribution in [3.05, 3.63) is 30.1 Å². The Kier molecular flexibility index (Phi) is 6.90. The lowest BCUT2D eigenvalue weighted by molar-refractivity contribution is -0.118. The van der Waals surface area contributed by atoms with Gasteiger partial charge in [0.15, 0.2) is 0 Å². The zero-order chi connectivity index (χ0) is 15.2. The molecule has 3 N–H and O–H groups in total. The van der Waals surface area contributed by atoms with Gasteiger partial charge in [-0.05, 0) is 35.0 Å². The Balaban J connectivity index is 0.00000242. The summed E-state index contributed by atoms with van der Waals surface area (Å²) in [5.41, 5.74) is 7.97. The predicted octanol–water partition coefficient (Wildman–Crippen LogP) is 0.695. The van der Waals surface area contributed by atoms with Gasteiger partial charge in [-0.3, -0.25) is 4.79 Å². The molecule has 1 amide bonds. The molecule has 2 rings (SSSR count). The van der Waals surface area contributed by atoms with E-state index < -0.39 is 0 Å². The van der Waals surface area contributed by atoms with E-state index in [2.05, 4.69) is 20.8 Å². The minimum atomic E-state index is -0.283. The van der Waals surface area contributed by atoms with Crippen LogP contribution in [0.4, 0.5) is 5.69 Å². The maximum absolute atomic E-state index is 11.9. The van der Waals surface area contributed by atoms with Gasteiger partial charge >= 0.3 is 0 Å². The number of tetrazole rings is 1. The number of aryl methyl sites for hydroxylation is 1. The van der Waals surface area contributed by atoms with Gasteiger partial charge in [0.1, 0.15) is 6.33 Å². The van der Waals surface area contributed by atoms with E-state index in [0.717, 1.165) is 11.3 Å². The Hall–Kier alpha value is -2.03. The number of nitrogens with zero attached hydrogens (tertiary/aromatic N) is 4. The first-order valence-electron chi connectivity index (χ1n) is 6.50. The number of aromatic nitrogens is 4. The van der Waals surface area contributed by atoms with Crippen molar-refractivity contribution in [3.63, 3.8) is 0 Å². The molecule has 0 saturated heterocycles. The summed E-state index contributed by atoms with van der Waals surface area (Å²) in [4.78, 5) is 11.9. The number of hydrogen-bond acceptors (Lipinski definition) is 6. The average molecular weight is 327 g/mol. The molecular formula is C13H19ClN6O2. The Morgan fingerprint density at radius 3 is 2.86 bits per heavy atom. The molecule has 0 spiro atoms. The van der Waals surface area contributed by atoms with Crippen molar-refractivity contribution in [2.45, 2.75) is 19.4 Å². The van der Waals surface area contributed by atoms with Gasteiger partial charge in [0.25, 0.3) is 0 Å². The minimum absolute atomic E-state index is 0. The molecule has 0 radical (unpaired) electrons. The first-order chi connectivity index (χ1) is 10.1. The smallest absolute Gasteiger partial charge is 0.227 e. The lowest BCUT2D eigenvalue weighted by Crippen LogP contribution is -2.28. The number of methoxy groups -OCH3 is 1. The molecule has 1 unspecified atom stereocenters. The van der Waals surface area contributed by atoms with Crippen LogP contribution in [-0.2, 0) is 9.53 Å². The van der Waals surface area contributed by atoms with Crippen molar-refractivity contribution in [1.29, 1.82) is 0 Å². The normalized spacial score (nSPS) is 11.6. The van der Waals surface area contributed by atoms with E-state index in [1.165, 1.54) is 13.4 Å². The lowest BCUT2D eigenvalue weighted by Gasteiger charge is -2.13. The summed E-state index contributed by atoms with van der Waals surface area (Å²) in [6.07, 6.45) is 1.43. The second-order valence-corrected chi connectivity index (χ2v) is 4.60. The zero-order valence-electron chi connectivity index (χ0n) is 12.4. The number of ether oxygens (including phenoxy) is 1. The van der Waals surface area contributed by atoms with Crippen molar-refractivity contribution in [2.24, 2.45) is 5.73 Å². The summed E-state index contributed by atoms with van der Waals surface area (Å²) in [6.45, 7) is 2.24. The number of nitrogens with one attached hydrogen (secondary N) is 1. The highest BCUT2D eigenvalue weighted by molar-refractivity contribution is 5.91. The molecule has 1 heterocycles. The Bertz CT molecular complexity index is 601. The van der Waals surface area contributed by atoms with E-state index in [9.17, 15) is 4.79 Å². The molecular weight excluding hydrogens is 308 g/mol. The van der Waals surface area contributed by atoms with Gasteiger partial charge in [-0.25, -0.2) is 4.68 Å². The SMILES string of the molecule is COC(CN)CC(=O)Nc1ccc(C)c(-n2cnnn2)c1.Cl. The van der Waals surface area contributed by atoms with E-state index in [1.807, 2.05) is 25.1 Å². The van der Waals surface area contributed by atoms with Crippen LogP contribution in [-0.4, -0.2) is 45.9 Å². The predicted molar refractivity (Wildman–Crippen MR) is 84.2 cm³/mol. The third-order valence-electron chi connectivity index (χ3n) is 3.10.